The molecule has 1 aliphatic carbocycles. The van der Waals surface area contributed by atoms with Crippen molar-refractivity contribution in [2.24, 2.45) is 5.92 Å². The highest BCUT2D eigenvalue weighted by molar-refractivity contribution is 6.32. The van der Waals surface area contributed by atoms with Crippen LogP contribution in [0, 0.1) is 29.1 Å². The Bertz CT molecular complexity index is 2420. The number of benzene rings is 3. The molecule has 9 rings (SSSR count). The minimum Gasteiger partial charge on any atom is -0.371 e. The third-order valence-electron chi connectivity index (χ3n) is 12.6. The Morgan fingerprint density at radius 1 is 0.810 bits per heavy atom. The number of hydrogen-bond donors (Lipinski definition) is 1. The second-order valence-corrected chi connectivity index (χ2v) is 16.5. The fourth-order valence-electron chi connectivity index (χ4n) is 9.39. The molecule has 0 spiro atoms. The number of amides is 4. The van der Waals surface area contributed by atoms with Crippen LogP contribution >= 0.6 is 11.6 Å². The molecule has 5 heterocycles. The number of aromatic nitrogens is 2. The third-order valence-corrected chi connectivity index (χ3v) is 12.9. The van der Waals surface area contributed by atoms with Crippen LogP contribution in [0.5, 0.6) is 0 Å². The number of carbonyl (C=O) groups is 4. The molecule has 0 saturated carbocycles. The van der Waals surface area contributed by atoms with E-state index in [1.54, 1.807) is 18.2 Å². The molecule has 1 atom stereocenters. The summed E-state index contributed by atoms with van der Waals surface area (Å²) in [6.07, 6.45) is 8.67. The highest BCUT2D eigenvalue weighted by Gasteiger charge is 2.45. The Hall–Kier alpha value is -5.75. The number of likely N-dealkylation sites (tertiary alicyclic amines) is 1. The van der Waals surface area contributed by atoms with E-state index < -0.39 is 23.8 Å². The smallest absolute Gasteiger partial charge is 0.262 e. The van der Waals surface area contributed by atoms with Crippen molar-refractivity contribution in [3.05, 3.63) is 105 Å². The number of nitrogens with zero attached hydrogens (tertiary/aromatic N) is 6. The summed E-state index contributed by atoms with van der Waals surface area (Å²) in [5, 5.41) is 17.1. The molecule has 0 radical (unpaired) electrons. The van der Waals surface area contributed by atoms with E-state index in [2.05, 4.69) is 62.0 Å². The molecule has 4 aliphatic heterocycles. The maximum atomic E-state index is 13.3. The summed E-state index contributed by atoms with van der Waals surface area (Å²) >= 11 is 6.39. The lowest BCUT2D eigenvalue weighted by Gasteiger charge is -2.42. The zero-order chi connectivity index (χ0) is 39.9. The fraction of sp³-hybridized carbons (Fsp3) is 0.391. The number of fused-ring (bicyclic) bond motifs is 2. The molecule has 0 bridgehead atoms. The average Bonchev–Trinajstić information content (AvgIpc) is 3.73. The Labute approximate surface area is 342 Å². The molecule has 12 heteroatoms. The van der Waals surface area contributed by atoms with E-state index in [9.17, 15) is 24.4 Å². The predicted molar refractivity (Wildman–Crippen MR) is 219 cm³/mol. The molecular formula is C46H44ClN7O4. The maximum Gasteiger partial charge on any atom is 0.262 e. The van der Waals surface area contributed by atoms with Crippen molar-refractivity contribution in [3.8, 4) is 29.2 Å². The van der Waals surface area contributed by atoms with E-state index in [0.29, 0.717) is 40.2 Å². The molecule has 294 valence electrons. The molecule has 58 heavy (non-hydrogen) atoms. The maximum absolute atomic E-state index is 13.3. The van der Waals surface area contributed by atoms with Crippen LogP contribution in [0.1, 0.15) is 100 Å². The van der Waals surface area contributed by atoms with Gasteiger partial charge in [-0.25, -0.2) is 0 Å². The topological polar surface area (TPSA) is 132 Å². The highest BCUT2D eigenvalue weighted by Crippen LogP contribution is 2.35. The molecule has 11 nitrogen and oxygen atoms in total. The summed E-state index contributed by atoms with van der Waals surface area (Å²) in [7, 11) is 0. The van der Waals surface area contributed by atoms with Gasteiger partial charge >= 0.3 is 0 Å². The number of rotatable bonds is 6. The van der Waals surface area contributed by atoms with Gasteiger partial charge in [-0.15, -0.1) is 0 Å². The van der Waals surface area contributed by atoms with Gasteiger partial charge in [0, 0.05) is 59.5 Å². The van der Waals surface area contributed by atoms with Gasteiger partial charge in [0.15, 0.2) is 0 Å². The Morgan fingerprint density at radius 2 is 1.57 bits per heavy atom. The average molecular weight is 794 g/mol. The number of halogens is 1. The van der Waals surface area contributed by atoms with Crippen LogP contribution in [0.4, 0.5) is 5.69 Å². The number of piperidine rings is 3. The summed E-state index contributed by atoms with van der Waals surface area (Å²) in [5.74, 6) is 5.45. The lowest BCUT2D eigenvalue weighted by atomic mass is 9.93. The van der Waals surface area contributed by atoms with Crippen molar-refractivity contribution in [3.63, 3.8) is 0 Å². The SMILES string of the molecule is N#Cc1ccc(-c2nn(Cc3ccc(C#CC4CCN(C5CCN(c6ccc7c(c6)C(=O)N(C6CCC(=O)NC6=O)C7=O)CC5)CC4)cc3)c3c2CCCC3)cc1Cl. The van der Waals surface area contributed by atoms with Crippen LogP contribution in [-0.4, -0.2) is 81.5 Å². The first-order valence-corrected chi connectivity index (χ1v) is 20.9. The zero-order valence-electron chi connectivity index (χ0n) is 32.3. The summed E-state index contributed by atoms with van der Waals surface area (Å²) in [4.78, 5) is 56.5. The first-order valence-electron chi connectivity index (χ1n) is 20.5. The van der Waals surface area contributed by atoms with Gasteiger partial charge in [0.1, 0.15) is 12.1 Å². The van der Waals surface area contributed by atoms with E-state index >= 15 is 0 Å². The quantitative estimate of drug-likeness (QED) is 0.182. The fourth-order valence-corrected chi connectivity index (χ4v) is 9.62. The van der Waals surface area contributed by atoms with Crippen LogP contribution in [0.2, 0.25) is 5.02 Å². The predicted octanol–water partition coefficient (Wildman–Crippen LogP) is 6.14. The Morgan fingerprint density at radius 3 is 2.31 bits per heavy atom. The van der Waals surface area contributed by atoms with Crippen molar-refractivity contribution in [2.45, 2.75) is 82.8 Å². The molecule has 1 unspecified atom stereocenters. The number of nitriles is 1. The molecule has 3 fully saturated rings. The van der Waals surface area contributed by atoms with Crippen LogP contribution in [-0.2, 0) is 29.0 Å². The molecule has 4 aromatic rings. The van der Waals surface area contributed by atoms with E-state index in [1.165, 1.54) is 16.8 Å². The number of nitrogens with one attached hydrogen (secondary N) is 1. The second-order valence-electron chi connectivity index (χ2n) is 16.1. The van der Waals surface area contributed by atoms with Crippen molar-refractivity contribution >= 4 is 40.9 Å². The standard InChI is InChI=1S/C46H44ClN7O4/c47-39-25-32(11-12-33(39)27-48)43-37-3-1-2-4-40(37)53(50-43)28-31-9-7-29(8-10-31)5-6-30-17-21-51(22-18-30)34-19-23-52(24-20-34)35-13-14-36-38(26-35)46(58)54(45(36)57)41-15-16-42(55)49-44(41)56/h7-14,25-26,30,34,41H,1-4,15-24,28H2,(H,49,55,56). The largest absolute Gasteiger partial charge is 0.371 e. The van der Waals surface area contributed by atoms with Gasteiger partial charge in [-0.1, -0.05) is 41.6 Å². The molecular weight excluding hydrogens is 750 g/mol. The zero-order valence-corrected chi connectivity index (χ0v) is 33.1. The lowest BCUT2D eigenvalue weighted by Crippen LogP contribution is -2.54. The van der Waals surface area contributed by atoms with E-state index in [4.69, 9.17) is 16.7 Å². The van der Waals surface area contributed by atoms with Gasteiger partial charge in [0.2, 0.25) is 11.8 Å². The van der Waals surface area contributed by atoms with Crippen molar-refractivity contribution in [1.82, 2.24) is 24.9 Å². The number of imide groups is 2. The van der Waals surface area contributed by atoms with E-state index in [0.717, 1.165) is 105 Å². The molecule has 1 N–H and O–H groups in total. The normalized spacial score (nSPS) is 20.3. The van der Waals surface area contributed by atoms with Gasteiger partial charge in [-0.05, 0) is 119 Å². The van der Waals surface area contributed by atoms with Gasteiger partial charge in [-0.2, -0.15) is 10.4 Å². The number of anilines is 1. The van der Waals surface area contributed by atoms with Crippen LogP contribution in [0.25, 0.3) is 11.3 Å². The minimum atomic E-state index is -0.963. The van der Waals surface area contributed by atoms with Crippen LogP contribution < -0.4 is 10.2 Å². The Balaban J connectivity index is 0.767. The minimum absolute atomic E-state index is 0.0997. The molecule has 1 aromatic heterocycles. The lowest BCUT2D eigenvalue weighted by molar-refractivity contribution is -0.136. The molecule has 4 amide bonds. The number of hydrogen-bond acceptors (Lipinski definition) is 8. The van der Waals surface area contributed by atoms with Crippen molar-refractivity contribution in [1.29, 1.82) is 5.26 Å². The van der Waals surface area contributed by atoms with Gasteiger partial charge in [-0.3, -0.25) is 34.1 Å². The highest BCUT2D eigenvalue weighted by atomic mass is 35.5. The molecule has 3 saturated heterocycles. The van der Waals surface area contributed by atoms with E-state index in [-0.39, 0.29) is 18.7 Å². The number of carbonyl (C=O) groups excluding carboxylic acids is 4. The molecule has 3 aromatic carbocycles. The first kappa shape index (κ1) is 37.8. The third kappa shape index (κ3) is 7.30. The summed E-state index contributed by atoms with van der Waals surface area (Å²) in [6, 6.07) is 21.2. The second kappa shape index (κ2) is 15.9. The van der Waals surface area contributed by atoms with Crippen LogP contribution in [0.15, 0.2) is 60.7 Å². The Kier molecular flexibility index (Phi) is 10.4. The summed E-state index contributed by atoms with van der Waals surface area (Å²) in [5.41, 5.74) is 8.73. The first-order chi connectivity index (χ1) is 28.2. The van der Waals surface area contributed by atoms with Crippen LogP contribution in [0.3, 0.4) is 0 Å². The van der Waals surface area contributed by atoms with E-state index in [1.807, 2.05) is 18.2 Å². The van der Waals surface area contributed by atoms with Gasteiger partial charge in [0.05, 0.1) is 34.0 Å². The van der Waals surface area contributed by atoms with Crippen molar-refractivity contribution < 1.29 is 19.2 Å². The summed E-state index contributed by atoms with van der Waals surface area (Å²) in [6.45, 7) is 4.46. The monoisotopic (exact) mass is 793 g/mol. The van der Waals surface area contributed by atoms with Gasteiger partial charge in [0.25, 0.3) is 11.8 Å². The van der Waals surface area contributed by atoms with Crippen molar-refractivity contribution in [2.75, 3.05) is 31.1 Å². The van der Waals surface area contributed by atoms with Gasteiger partial charge < -0.3 is 9.80 Å². The molecule has 5 aliphatic rings. The summed E-state index contributed by atoms with van der Waals surface area (Å²) < 4.78 is 2.15.